The Morgan fingerprint density at radius 2 is 2.07 bits per heavy atom. The number of carbonyl (C=O) groups is 1. The van der Waals surface area contributed by atoms with Crippen LogP contribution in [-0.4, -0.2) is 22.1 Å². The monoisotopic (exact) mass is 372 g/mol. The largest absolute Gasteiger partial charge is 0.488 e. The van der Waals surface area contributed by atoms with Gasteiger partial charge in [0, 0.05) is 5.57 Å². The van der Waals surface area contributed by atoms with Crippen LogP contribution in [-0.2, 0) is 9.53 Å². The Hall–Kier alpha value is -1.61. The molecule has 0 fully saturated rings. The lowest BCUT2D eigenvalue weighted by Gasteiger charge is -2.46. The van der Waals surface area contributed by atoms with Crippen LogP contribution in [0.2, 0.25) is 0 Å². The highest BCUT2D eigenvalue weighted by Gasteiger charge is 2.57. The van der Waals surface area contributed by atoms with E-state index in [1.54, 1.807) is 6.92 Å². The highest BCUT2D eigenvalue weighted by Crippen LogP contribution is 2.49. The van der Waals surface area contributed by atoms with Crippen LogP contribution in [0.1, 0.15) is 67.7 Å². The fourth-order valence-corrected chi connectivity index (χ4v) is 4.07. The molecule has 150 valence electrons. The van der Waals surface area contributed by atoms with Crippen LogP contribution >= 0.6 is 0 Å². The second kappa shape index (κ2) is 7.79. The predicted molar refractivity (Wildman–Crippen MR) is 111 cm³/mol. The summed E-state index contributed by atoms with van der Waals surface area (Å²) >= 11 is 0. The zero-order valence-electron chi connectivity index (χ0n) is 18.1. The third-order valence-electron chi connectivity index (χ3n) is 5.66. The van der Waals surface area contributed by atoms with E-state index in [2.05, 4.69) is 38.7 Å². The highest BCUT2D eigenvalue weighted by atomic mass is 16.5. The van der Waals surface area contributed by atoms with Crippen LogP contribution in [0.15, 0.2) is 47.3 Å². The third-order valence-corrected chi connectivity index (χ3v) is 5.66. The van der Waals surface area contributed by atoms with Crippen molar-refractivity contribution in [2.24, 2.45) is 17.8 Å². The molecule has 0 bridgehead atoms. The lowest BCUT2D eigenvalue weighted by Crippen LogP contribution is -2.55. The van der Waals surface area contributed by atoms with E-state index in [0.717, 1.165) is 30.4 Å². The quantitative estimate of drug-likeness (QED) is 0.493. The fourth-order valence-electron chi connectivity index (χ4n) is 4.07. The van der Waals surface area contributed by atoms with Gasteiger partial charge in [-0.25, -0.2) is 0 Å². The SMILES string of the molecule is C=C(C)/C=C/C[C@H](C)[C@@H]1C=C(C2(O)C(=O)C(C)=C2OC(C)(C)C)[C@@H](C)CC1. The van der Waals surface area contributed by atoms with E-state index < -0.39 is 11.2 Å². The van der Waals surface area contributed by atoms with Gasteiger partial charge < -0.3 is 9.84 Å². The first kappa shape index (κ1) is 21.7. The van der Waals surface area contributed by atoms with Crippen LogP contribution in [0.4, 0.5) is 0 Å². The Balaban J connectivity index is 2.30. The van der Waals surface area contributed by atoms with Crippen molar-refractivity contribution < 1.29 is 14.6 Å². The number of hydrogen-bond donors (Lipinski definition) is 1. The molecule has 0 radical (unpaired) electrons. The van der Waals surface area contributed by atoms with E-state index in [-0.39, 0.29) is 11.7 Å². The topological polar surface area (TPSA) is 46.5 Å². The fraction of sp³-hybridized carbons (Fsp3) is 0.625. The Labute approximate surface area is 164 Å². The molecule has 4 atom stereocenters. The van der Waals surface area contributed by atoms with Crippen molar-refractivity contribution in [1.82, 2.24) is 0 Å². The zero-order chi connectivity index (χ0) is 20.6. The molecular formula is C24H36O3. The summed E-state index contributed by atoms with van der Waals surface area (Å²) in [6.45, 7) is 17.8. The lowest BCUT2D eigenvalue weighted by molar-refractivity contribution is -0.140. The Kier molecular flexibility index (Phi) is 6.26. The summed E-state index contributed by atoms with van der Waals surface area (Å²) in [5.41, 5.74) is 0.381. The number of ketones is 1. The first-order valence-corrected chi connectivity index (χ1v) is 10.1. The average molecular weight is 373 g/mol. The van der Waals surface area contributed by atoms with Crippen LogP contribution in [0, 0.1) is 17.8 Å². The van der Waals surface area contributed by atoms with E-state index in [0.29, 0.717) is 23.2 Å². The average Bonchev–Trinajstić information content (AvgIpc) is 2.57. The molecular weight excluding hydrogens is 336 g/mol. The molecule has 2 aliphatic carbocycles. The van der Waals surface area contributed by atoms with Crippen LogP contribution in [0.3, 0.4) is 0 Å². The molecule has 2 rings (SSSR count). The summed E-state index contributed by atoms with van der Waals surface area (Å²) in [5.74, 6) is 1.18. The van der Waals surface area contributed by atoms with Gasteiger partial charge in [-0.3, -0.25) is 4.79 Å². The summed E-state index contributed by atoms with van der Waals surface area (Å²) in [4.78, 5) is 12.7. The standard InChI is InChI=1S/C24H36O3/c1-15(2)10-9-11-16(3)19-13-12-17(4)20(14-19)24(26)21(25)18(5)22(24)27-23(6,7)8/h9-10,14,16-17,19,26H,1,11-13H2,2-8H3/b10-9+/t16-,17-,19-,24?/m0/s1. The molecule has 1 N–H and O–H groups in total. The van der Waals surface area contributed by atoms with Crippen molar-refractivity contribution in [1.29, 1.82) is 0 Å². The lowest BCUT2D eigenvalue weighted by atomic mass is 9.65. The first-order valence-electron chi connectivity index (χ1n) is 10.1. The number of Topliss-reactive ketones (excluding diaryl/α,β-unsaturated/α-hetero) is 1. The maximum Gasteiger partial charge on any atom is 0.207 e. The van der Waals surface area contributed by atoms with Crippen molar-refractivity contribution in [2.75, 3.05) is 0 Å². The third kappa shape index (κ3) is 4.45. The molecule has 0 saturated carbocycles. The van der Waals surface area contributed by atoms with Crippen molar-refractivity contribution in [3.8, 4) is 0 Å². The van der Waals surface area contributed by atoms with E-state index >= 15 is 0 Å². The van der Waals surface area contributed by atoms with Gasteiger partial charge in [-0.2, -0.15) is 0 Å². The molecule has 3 nitrogen and oxygen atoms in total. The van der Waals surface area contributed by atoms with Crippen molar-refractivity contribution in [2.45, 2.75) is 78.9 Å². The molecule has 3 heteroatoms. The number of ether oxygens (including phenoxy) is 1. The van der Waals surface area contributed by atoms with Gasteiger partial charge >= 0.3 is 0 Å². The Morgan fingerprint density at radius 3 is 2.63 bits per heavy atom. The van der Waals surface area contributed by atoms with Gasteiger partial charge in [0.05, 0.1) is 0 Å². The van der Waals surface area contributed by atoms with Gasteiger partial charge in [-0.15, -0.1) is 0 Å². The minimum atomic E-state index is -1.58. The van der Waals surface area contributed by atoms with Crippen LogP contribution < -0.4 is 0 Å². The van der Waals surface area contributed by atoms with E-state index in [9.17, 15) is 9.90 Å². The summed E-state index contributed by atoms with van der Waals surface area (Å²) in [5, 5.41) is 11.4. The van der Waals surface area contributed by atoms with E-state index in [4.69, 9.17) is 4.74 Å². The van der Waals surface area contributed by atoms with Gasteiger partial charge in [0.2, 0.25) is 11.4 Å². The summed E-state index contributed by atoms with van der Waals surface area (Å²) < 4.78 is 6.01. The number of carbonyl (C=O) groups excluding carboxylic acids is 1. The molecule has 0 aliphatic heterocycles. The highest BCUT2D eigenvalue weighted by molar-refractivity contribution is 6.13. The maximum atomic E-state index is 12.7. The minimum absolute atomic E-state index is 0.167. The van der Waals surface area contributed by atoms with E-state index in [1.165, 1.54) is 0 Å². The number of allylic oxidation sites excluding steroid dienone is 4. The predicted octanol–water partition coefficient (Wildman–Crippen LogP) is 5.52. The maximum absolute atomic E-state index is 12.7. The molecule has 0 heterocycles. The molecule has 1 unspecified atom stereocenters. The first-order chi connectivity index (χ1) is 12.4. The van der Waals surface area contributed by atoms with Gasteiger partial charge in [-0.05, 0) is 77.2 Å². The Morgan fingerprint density at radius 1 is 1.44 bits per heavy atom. The van der Waals surface area contributed by atoms with Crippen molar-refractivity contribution in [3.63, 3.8) is 0 Å². The summed E-state index contributed by atoms with van der Waals surface area (Å²) in [7, 11) is 0. The minimum Gasteiger partial charge on any atom is -0.488 e. The molecule has 2 aliphatic rings. The number of rotatable bonds is 6. The van der Waals surface area contributed by atoms with Crippen molar-refractivity contribution in [3.05, 3.63) is 47.3 Å². The summed E-state index contributed by atoms with van der Waals surface area (Å²) in [6, 6.07) is 0. The molecule has 0 spiro atoms. The summed E-state index contributed by atoms with van der Waals surface area (Å²) in [6.07, 6.45) is 9.39. The molecule has 0 aromatic rings. The normalized spacial score (nSPS) is 30.2. The van der Waals surface area contributed by atoms with Gasteiger partial charge in [0.25, 0.3) is 0 Å². The number of aliphatic hydroxyl groups is 1. The molecule has 0 amide bonds. The van der Waals surface area contributed by atoms with Crippen LogP contribution in [0.25, 0.3) is 0 Å². The second-order valence-electron chi connectivity index (χ2n) is 9.43. The molecule has 0 aromatic carbocycles. The van der Waals surface area contributed by atoms with Gasteiger partial charge in [0.1, 0.15) is 11.4 Å². The van der Waals surface area contributed by atoms with E-state index in [1.807, 2.05) is 27.7 Å². The second-order valence-corrected chi connectivity index (χ2v) is 9.43. The van der Waals surface area contributed by atoms with Crippen molar-refractivity contribution >= 4 is 5.78 Å². The van der Waals surface area contributed by atoms with Gasteiger partial charge in [-0.1, -0.05) is 44.2 Å². The number of hydrogen-bond acceptors (Lipinski definition) is 3. The molecule has 0 saturated heterocycles. The molecule has 0 aromatic heterocycles. The van der Waals surface area contributed by atoms with Gasteiger partial charge in [0.15, 0.2) is 0 Å². The van der Waals surface area contributed by atoms with Crippen LogP contribution in [0.5, 0.6) is 0 Å². The zero-order valence-corrected chi connectivity index (χ0v) is 18.1. The Bertz CT molecular complexity index is 702. The smallest absolute Gasteiger partial charge is 0.207 e. The molecule has 27 heavy (non-hydrogen) atoms.